The van der Waals surface area contributed by atoms with Crippen molar-refractivity contribution in [3.63, 3.8) is 0 Å². The van der Waals surface area contributed by atoms with Crippen LogP contribution in [-0.2, 0) is 21.2 Å². The fraction of sp³-hybridized carbons (Fsp3) is 0.500. The molecule has 7 nitrogen and oxygen atoms in total. The first-order valence-corrected chi connectivity index (χ1v) is 6.66. The second kappa shape index (κ2) is 4.97. The van der Waals surface area contributed by atoms with Crippen LogP contribution in [0.2, 0.25) is 0 Å². The zero-order chi connectivity index (χ0) is 12.2. The van der Waals surface area contributed by atoms with E-state index in [1.165, 1.54) is 4.68 Å². The second-order valence-corrected chi connectivity index (χ2v) is 5.68. The number of rotatable bonds is 5. The molecule has 1 heterocycles. The molecular weight excluding hydrogens is 232 g/mol. The molecule has 1 amide bonds. The molecule has 8 heteroatoms. The molecule has 0 aliphatic rings. The summed E-state index contributed by atoms with van der Waals surface area (Å²) in [5, 5.41) is 6.30. The van der Waals surface area contributed by atoms with Crippen molar-refractivity contribution in [3.8, 4) is 0 Å². The van der Waals surface area contributed by atoms with Crippen LogP contribution >= 0.6 is 0 Å². The minimum Gasteiger partial charge on any atom is -0.382 e. The van der Waals surface area contributed by atoms with E-state index in [2.05, 4.69) is 10.4 Å². The van der Waals surface area contributed by atoms with Crippen LogP contribution in [0.3, 0.4) is 0 Å². The summed E-state index contributed by atoms with van der Waals surface area (Å²) in [6.07, 6.45) is 2.69. The van der Waals surface area contributed by atoms with E-state index >= 15 is 0 Å². The Morgan fingerprint density at radius 2 is 2.31 bits per heavy atom. The SMILES string of the molecule is CS(=O)(=O)CCNC(=O)Cn1ccc(N)n1. The molecule has 0 fully saturated rings. The highest BCUT2D eigenvalue weighted by atomic mass is 32.2. The third kappa shape index (κ3) is 4.78. The number of hydrogen-bond acceptors (Lipinski definition) is 5. The minimum atomic E-state index is -3.05. The van der Waals surface area contributed by atoms with Crippen molar-refractivity contribution in [1.29, 1.82) is 0 Å². The lowest BCUT2D eigenvalue weighted by Crippen LogP contribution is -2.31. The Kier molecular flexibility index (Phi) is 3.88. The maximum Gasteiger partial charge on any atom is 0.241 e. The Bertz CT molecular complexity index is 465. The molecule has 90 valence electrons. The smallest absolute Gasteiger partial charge is 0.241 e. The average molecular weight is 246 g/mol. The minimum absolute atomic E-state index is 0.0287. The van der Waals surface area contributed by atoms with E-state index in [1.54, 1.807) is 12.3 Å². The lowest BCUT2D eigenvalue weighted by atomic mass is 10.5. The fourth-order valence-electron chi connectivity index (χ4n) is 1.04. The molecule has 0 aromatic carbocycles. The van der Waals surface area contributed by atoms with Gasteiger partial charge in [0.1, 0.15) is 22.2 Å². The van der Waals surface area contributed by atoms with Crippen LogP contribution in [0.4, 0.5) is 5.82 Å². The van der Waals surface area contributed by atoms with Gasteiger partial charge >= 0.3 is 0 Å². The number of amides is 1. The number of nitrogens with two attached hydrogens (primary N) is 1. The number of anilines is 1. The summed E-state index contributed by atoms with van der Waals surface area (Å²) in [6, 6.07) is 1.57. The van der Waals surface area contributed by atoms with Crippen LogP contribution in [0.15, 0.2) is 12.3 Å². The van der Waals surface area contributed by atoms with Gasteiger partial charge in [0.05, 0.1) is 5.75 Å². The van der Waals surface area contributed by atoms with Crippen molar-refractivity contribution in [2.24, 2.45) is 0 Å². The maximum atomic E-state index is 11.3. The first kappa shape index (κ1) is 12.5. The van der Waals surface area contributed by atoms with Crippen molar-refractivity contribution < 1.29 is 13.2 Å². The molecule has 0 aliphatic carbocycles. The number of carbonyl (C=O) groups is 1. The molecule has 0 aliphatic heterocycles. The van der Waals surface area contributed by atoms with Gasteiger partial charge in [-0.05, 0) is 6.07 Å². The van der Waals surface area contributed by atoms with Gasteiger partial charge in [-0.1, -0.05) is 0 Å². The Hall–Kier alpha value is -1.57. The summed E-state index contributed by atoms with van der Waals surface area (Å²) < 4.78 is 23.0. The Morgan fingerprint density at radius 1 is 1.62 bits per heavy atom. The topological polar surface area (TPSA) is 107 Å². The van der Waals surface area contributed by atoms with Gasteiger partial charge in [-0.15, -0.1) is 0 Å². The zero-order valence-electron chi connectivity index (χ0n) is 8.88. The molecule has 16 heavy (non-hydrogen) atoms. The molecule has 0 atom stereocenters. The number of hydrogen-bond donors (Lipinski definition) is 2. The second-order valence-electron chi connectivity index (χ2n) is 3.42. The van der Waals surface area contributed by atoms with E-state index in [1.807, 2.05) is 0 Å². The summed E-state index contributed by atoms with van der Waals surface area (Å²) in [5.41, 5.74) is 5.37. The maximum absolute atomic E-state index is 11.3. The van der Waals surface area contributed by atoms with Gasteiger partial charge < -0.3 is 11.1 Å². The van der Waals surface area contributed by atoms with E-state index in [4.69, 9.17) is 5.73 Å². The predicted octanol–water partition coefficient (Wildman–Crippen LogP) is -1.37. The van der Waals surface area contributed by atoms with E-state index in [-0.39, 0.29) is 24.7 Å². The van der Waals surface area contributed by atoms with Crippen molar-refractivity contribution >= 4 is 21.6 Å². The summed E-state index contributed by atoms with van der Waals surface area (Å²) >= 11 is 0. The third-order valence-corrected chi connectivity index (χ3v) is 2.71. The molecule has 0 saturated carbocycles. The van der Waals surface area contributed by atoms with Crippen molar-refractivity contribution in [2.75, 3.05) is 24.3 Å². The van der Waals surface area contributed by atoms with E-state index in [9.17, 15) is 13.2 Å². The molecule has 1 aromatic heterocycles. The van der Waals surface area contributed by atoms with Crippen LogP contribution in [0.25, 0.3) is 0 Å². The van der Waals surface area contributed by atoms with Gasteiger partial charge in [0.2, 0.25) is 5.91 Å². The highest BCUT2D eigenvalue weighted by molar-refractivity contribution is 7.90. The predicted molar refractivity (Wildman–Crippen MR) is 59.4 cm³/mol. The number of nitrogens with zero attached hydrogens (tertiary/aromatic N) is 2. The van der Waals surface area contributed by atoms with E-state index < -0.39 is 9.84 Å². The number of carbonyl (C=O) groups excluding carboxylic acids is 1. The van der Waals surface area contributed by atoms with Crippen LogP contribution in [0.1, 0.15) is 0 Å². The van der Waals surface area contributed by atoms with Gasteiger partial charge in [0.25, 0.3) is 0 Å². The van der Waals surface area contributed by atoms with Gasteiger partial charge in [-0.2, -0.15) is 5.10 Å². The van der Waals surface area contributed by atoms with Gasteiger partial charge in [-0.3, -0.25) is 9.48 Å². The quantitative estimate of drug-likeness (QED) is 0.666. The highest BCUT2D eigenvalue weighted by Gasteiger charge is 2.06. The lowest BCUT2D eigenvalue weighted by molar-refractivity contribution is -0.121. The summed E-state index contributed by atoms with van der Waals surface area (Å²) in [6.45, 7) is 0.134. The molecule has 0 spiro atoms. The number of nitrogens with one attached hydrogen (secondary N) is 1. The first-order chi connectivity index (χ1) is 7.37. The molecule has 1 aromatic rings. The van der Waals surface area contributed by atoms with Crippen LogP contribution < -0.4 is 11.1 Å². The Labute approximate surface area is 93.5 Å². The normalized spacial score (nSPS) is 11.3. The molecular formula is C8H14N4O3S. The van der Waals surface area contributed by atoms with Crippen LogP contribution in [0, 0.1) is 0 Å². The highest BCUT2D eigenvalue weighted by Crippen LogP contribution is 1.94. The third-order valence-electron chi connectivity index (χ3n) is 1.76. The fourth-order valence-corrected chi connectivity index (χ4v) is 1.52. The Balaban J connectivity index is 2.32. The lowest BCUT2D eigenvalue weighted by Gasteiger charge is -2.04. The van der Waals surface area contributed by atoms with Crippen LogP contribution in [-0.4, -0.2) is 42.7 Å². The van der Waals surface area contributed by atoms with Crippen LogP contribution in [0.5, 0.6) is 0 Å². The first-order valence-electron chi connectivity index (χ1n) is 4.60. The summed E-state index contributed by atoms with van der Waals surface area (Å²) in [4.78, 5) is 11.3. The number of sulfone groups is 1. The summed E-state index contributed by atoms with van der Waals surface area (Å²) in [7, 11) is -3.05. The molecule has 0 unspecified atom stereocenters. The largest absolute Gasteiger partial charge is 0.382 e. The monoisotopic (exact) mass is 246 g/mol. The van der Waals surface area contributed by atoms with Crippen molar-refractivity contribution in [2.45, 2.75) is 6.54 Å². The average Bonchev–Trinajstić information content (AvgIpc) is 2.48. The van der Waals surface area contributed by atoms with Crippen molar-refractivity contribution in [3.05, 3.63) is 12.3 Å². The van der Waals surface area contributed by atoms with Gasteiger partial charge in [0.15, 0.2) is 0 Å². The molecule has 1 rings (SSSR count). The standard InChI is InChI=1S/C8H14N4O3S/c1-16(14,15)5-3-10-8(13)6-12-4-2-7(9)11-12/h2,4H,3,5-6H2,1H3,(H2,9,11)(H,10,13). The Morgan fingerprint density at radius 3 is 2.81 bits per heavy atom. The molecule has 0 bridgehead atoms. The molecule has 0 radical (unpaired) electrons. The van der Waals surface area contributed by atoms with E-state index in [0.717, 1.165) is 6.26 Å². The molecule has 0 saturated heterocycles. The number of aromatic nitrogens is 2. The summed E-state index contributed by atoms with van der Waals surface area (Å²) in [5.74, 6) is -0.0318. The van der Waals surface area contributed by atoms with Gasteiger partial charge in [-0.25, -0.2) is 8.42 Å². The zero-order valence-corrected chi connectivity index (χ0v) is 9.70. The van der Waals surface area contributed by atoms with Gasteiger partial charge in [0, 0.05) is 19.0 Å². The van der Waals surface area contributed by atoms with Crippen molar-refractivity contribution in [1.82, 2.24) is 15.1 Å². The van der Waals surface area contributed by atoms with E-state index in [0.29, 0.717) is 5.82 Å². The molecule has 3 N–H and O–H groups in total. The number of nitrogen functional groups attached to an aromatic ring is 1.